The van der Waals surface area contributed by atoms with Gasteiger partial charge in [-0.3, -0.25) is 9.78 Å². The van der Waals surface area contributed by atoms with Crippen molar-refractivity contribution in [2.75, 3.05) is 6.54 Å². The summed E-state index contributed by atoms with van der Waals surface area (Å²) < 4.78 is 10.5. The molecule has 25 heavy (non-hydrogen) atoms. The van der Waals surface area contributed by atoms with Gasteiger partial charge in [-0.05, 0) is 31.9 Å². The maximum atomic E-state index is 12.6. The number of carbonyl (C=O) groups excluding carboxylic acids is 1. The Morgan fingerprint density at radius 3 is 3.00 bits per heavy atom. The molecule has 1 aliphatic heterocycles. The number of hydrogen-bond donors (Lipinski definition) is 0. The number of likely N-dealkylation sites (tertiary alicyclic amines) is 1. The molecular formula is C17H17N5O3. The van der Waals surface area contributed by atoms with Gasteiger partial charge >= 0.3 is 0 Å². The normalized spacial score (nSPS) is 17.2. The molecule has 0 aromatic carbocycles. The summed E-state index contributed by atoms with van der Waals surface area (Å²) in [5, 5.41) is 7.81. The minimum absolute atomic E-state index is 0.0313. The molecule has 0 spiro atoms. The molecular weight excluding hydrogens is 322 g/mol. The Balaban J connectivity index is 1.51. The van der Waals surface area contributed by atoms with Crippen LogP contribution in [-0.2, 0) is 11.2 Å². The predicted molar refractivity (Wildman–Crippen MR) is 86.2 cm³/mol. The van der Waals surface area contributed by atoms with E-state index in [1.165, 1.54) is 0 Å². The average molecular weight is 339 g/mol. The number of amides is 1. The number of pyridine rings is 1. The molecule has 1 saturated heterocycles. The van der Waals surface area contributed by atoms with Gasteiger partial charge in [0.25, 0.3) is 0 Å². The van der Waals surface area contributed by atoms with Crippen molar-refractivity contribution in [3.8, 4) is 11.5 Å². The van der Waals surface area contributed by atoms with Crippen LogP contribution in [0.25, 0.3) is 11.5 Å². The molecule has 3 aromatic rings. The Kier molecular flexibility index (Phi) is 4.01. The Morgan fingerprint density at radius 1 is 1.32 bits per heavy atom. The zero-order valence-corrected chi connectivity index (χ0v) is 13.8. The molecule has 1 fully saturated rings. The van der Waals surface area contributed by atoms with Gasteiger partial charge in [0.15, 0.2) is 0 Å². The van der Waals surface area contributed by atoms with E-state index in [1.54, 1.807) is 17.2 Å². The van der Waals surface area contributed by atoms with Crippen molar-refractivity contribution in [2.45, 2.75) is 32.2 Å². The summed E-state index contributed by atoms with van der Waals surface area (Å²) in [6.07, 6.45) is 3.55. The van der Waals surface area contributed by atoms with Crippen molar-refractivity contribution < 1.29 is 13.8 Å². The molecule has 1 amide bonds. The first-order valence-electron chi connectivity index (χ1n) is 8.17. The second-order valence-corrected chi connectivity index (χ2v) is 6.03. The van der Waals surface area contributed by atoms with E-state index in [4.69, 9.17) is 9.05 Å². The Bertz CT molecular complexity index is 873. The molecule has 0 unspecified atom stereocenters. The van der Waals surface area contributed by atoms with E-state index in [-0.39, 0.29) is 18.4 Å². The lowest BCUT2D eigenvalue weighted by molar-refractivity contribution is -0.132. The van der Waals surface area contributed by atoms with Crippen molar-refractivity contribution in [3.05, 3.63) is 47.8 Å². The van der Waals surface area contributed by atoms with E-state index in [1.807, 2.05) is 25.1 Å². The fourth-order valence-corrected chi connectivity index (χ4v) is 3.04. The molecule has 8 heteroatoms. The maximum absolute atomic E-state index is 12.6. The van der Waals surface area contributed by atoms with Gasteiger partial charge in [-0.25, -0.2) is 0 Å². The summed E-state index contributed by atoms with van der Waals surface area (Å²) in [4.78, 5) is 23.0. The second-order valence-electron chi connectivity index (χ2n) is 6.03. The summed E-state index contributed by atoms with van der Waals surface area (Å²) in [5.74, 6) is 1.41. The highest BCUT2D eigenvalue weighted by Crippen LogP contribution is 2.32. The van der Waals surface area contributed by atoms with E-state index >= 15 is 0 Å². The van der Waals surface area contributed by atoms with Gasteiger partial charge in [0.2, 0.25) is 17.6 Å². The fraction of sp³-hybridized carbons (Fsp3) is 0.353. The van der Waals surface area contributed by atoms with Crippen LogP contribution in [0.1, 0.15) is 36.2 Å². The fourth-order valence-electron chi connectivity index (χ4n) is 3.04. The van der Waals surface area contributed by atoms with Gasteiger partial charge in [-0.15, -0.1) is 0 Å². The largest absolute Gasteiger partial charge is 0.361 e. The molecule has 1 atom stereocenters. The molecule has 8 nitrogen and oxygen atoms in total. The standard InChI is InChI=1S/C17H17N5O3/c1-11-9-12(24-20-11)10-15(23)22-8-4-6-14(22)17-19-16(21-25-17)13-5-2-3-7-18-13/h2-3,5,7,9,14H,4,6,8,10H2,1H3/t14-/m0/s1. The quantitative estimate of drug-likeness (QED) is 0.719. The Morgan fingerprint density at radius 2 is 2.24 bits per heavy atom. The van der Waals surface area contributed by atoms with Crippen LogP contribution in [0.15, 0.2) is 39.5 Å². The van der Waals surface area contributed by atoms with Crippen molar-refractivity contribution in [1.29, 1.82) is 0 Å². The molecule has 0 saturated carbocycles. The molecule has 0 aliphatic carbocycles. The zero-order chi connectivity index (χ0) is 17.2. The second kappa shape index (κ2) is 6.46. The van der Waals surface area contributed by atoms with Crippen LogP contribution in [0.5, 0.6) is 0 Å². The lowest BCUT2D eigenvalue weighted by Crippen LogP contribution is -2.31. The maximum Gasteiger partial charge on any atom is 0.249 e. The SMILES string of the molecule is Cc1cc(CC(=O)N2CCC[C@H]2c2nc(-c3ccccn3)no2)on1. The molecule has 0 radical (unpaired) electrons. The van der Waals surface area contributed by atoms with E-state index in [9.17, 15) is 4.79 Å². The first kappa shape index (κ1) is 15.5. The monoisotopic (exact) mass is 339 g/mol. The van der Waals surface area contributed by atoms with Gasteiger partial charge in [0.1, 0.15) is 17.5 Å². The summed E-state index contributed by atoms with van der Waals surface area (Å²) in [6, 6.07) is 7.07. The molecule has 4 rings (SSSR count). The minimum atomic E-state index is -0.207. The van der Waals surface area contributed by atoms with Crippen LogP contribution in [-0.4, -0.2) is 37.6 Å². The third-order valence-corrected chi connectivity index (χ3v) is 4.20. The molecule has 0 N–H and O–H groups in total. The lowest BCUT2D eigenvalue weighted by atomic mass is 10.2. The number of carbonyl (C=O) groups is 1. The van der Waals surface area contributed by atoms with E-state index in [0.29, 0.717) is 29.7 Å². The van der Waals surface area contributed by atoms with Crippen molar-refractivity contribution in [1.82, 2.24) is 25.2 Å². The van der Waals surface area contributed by atoms with Crippen LogP contribution < -0.4 is 0 Å². The number of aromatic nitrogens is 4. The molecule has 0 bridgehead atoms. The smallest absolute Gasteiger partial charge is 0.249 e. The van der Waals surface area contributed by atoms with Gasteiger partial charge in [0.05, 0.1) is 12.1 Å². The third-order valence-electron chi connectivity index (χ3n) is 4.20. The first-order valence-corrected chi connectivity index (χ1v) is 8.17. The van der Waals surface area contributed by atoms with Gasteiger partial charge < -0.3 is 13.9 Å². The van der Waals surface area contributed by atoms with E-state index in [2.05, 4.69) is 20.3 Å². The van der Waals surface area contributed by atoms with Crippen molar-refractivity contribution in [2.24, 2.45) is 0 Å². The number of hydrogen-bond acceptors (Lipinski definition) is 7. The summed E-state index contributed by atoms with van der Waals surface area (Å²) in [5.41, 5.74) is 1.41. The van der Waals surface area contributed by atoms with Crippen molar-refractivity contribution in [3.63, 3.8) is 0 Å². The van der Waals surface area contributed by atoms with Crippen molar-refractivity contribution >= 4 is 5.91 Å². The van der Waals surface area contributed by atoms with Crippen LogP contribution in [0.4, 0.5) is 0 Å². The summed E-state index contributed by atoms with van der Waals surface area (Å²) in [7, 11) is 0. The number of aryl methyl sites for hydroxylation is 1. The van der Waals surface area contributed by atoms with Gasteiger partial charge in [-0.2, -0.15) is 4.98 Å². The lowest BCUT2D eigenvalue weighted by Gasteiger charge is -2.21. The van der Waals surface area contributed by atoms with Crippen LogP contribution in [0.3, 0.4) is 0 Å². The highest BCUT2D eigenvalue weighted by molar-refractivity contribution is 5.78. The molecule has 3 aromatic heterocycles. The third kappa shape index (κ3) is 3.15. The molecule has 128 valence electrons. The summed E-state index contributed by atoms with van der Waals surface area (Å²) in [6.45, 7) is 2.49. The van der Waals surface area contributed by atoms with Crippen LogP contribution >= 0.6 is 0 Å². The number of nitrogens with zero attached hydrogens (tertiary/aromatic N) is 5. The average Bonchev–Trinajstić information content (AvgIpc) is 3.35. The topological polar surface area (TPSA) is 98.2 Å². The van der Waals surface area contributed by atoms with E-state index in [0.717, 1.165) is 18.5 Å². The number of rotatable bonds is 4. The van der Waals surface area contributed by atoms with Gasteiger partial charge in [-0.1, -0.05) is 16.4 Å². The molecule has 1 aliphatic rings. The summed E-state index contributed by atoms with van der Waals surface area (Å²) >= 11 is 0. The Hall–Kier alpha value is -3.03. The zero-order valence-electron chi connectivity index (χ0n) is 13.8. The van der Waals surface area contributed by atoms with Gasteiger partial charge in [0, 0.05) is 18.8 Å². The first-order chi connectivity index (χ1) is 12.2. The highest BCUT2D eigenvalue weighted by Gasteiger charge is 2.34. The van der Waals surface area contributed by atoms with E-state index < -0.39 is 0 Å². The minimum Gasteiger partial charge on any atom is -0.361 e. The van der Waals surface area contributed by atoms with Crippen LogP contribution in [0.2, 0.25) is 0 Å². The predicted octanol–water partition coefficient (Wildman–Crippen LogP) is 2.33. The molecule has 4 heterocycles. The van der Waals surface area contributed by atoms with Crippen LogP contribution in [0, 0.1) is 6.92 Å². The Labute approximate surface area is 143 Å². The highest BCUT2D eigenvalue weighted by atomic mass is 16.5.